The molecule has 4 rings (SSSR count). The average molecular weight is 408 g/mol. The molecule has 0 saturated heterocycles. The number of ether oxygens (including phenoxy) is 1. The van der Waals surface area contributed by atoms with Gasteiger partial charge >= 0.3 is 0 Å². The Kier molecular flexibility index (Phi) is 4.47. The van der Waals surface area contributed by atoms with E-state index in [1.165, 1.54) is 0 Å². The number of aromatic nitrogens is 3. The molecule has 4 aromatic rings. The van der Waals surface area contributed by atoms with E-state index in [0.717, 1.165) is 50.4 Å². The van der Waals surface area contributed by atoms with Crippen LogP contribution in [0.2, 0.25) is 0 Å². The minimum absolute atomic E-state index is 0.823. The molecule has 0 spiro atoms. The number of benzene rings is 2. The molecule has 0 saturated carbocycles. The van der Waals surface area contributed by atoms with E-state index in [4.69, 9.17) is 9.84 Å². The SMILES string of the molecule is CCc1nn2c(-c3cccc(OC)c3)ccnc2c1-c1ccc(Br)cc1. The summed E-state index contributed by atoms with van der Waals surface area (Å²) >= 11 is 3.50. The number of hydrogen-bond acceptors (Lipinski definition) is 3. The zero-order valence-electron chi connectivity index (χ0n) is 14.6. The Morgan fingerprint density at radius 3 is 2.58 bits per heavy atom. The van der Waals surface area contributed by atoms with Crippen molar-refractivity contribution >= 4 is 21.6 Å². The van der Waals surface area contributed by atoms with Gasteiger partial charge in [0.1, 0.15) is 5.75 Å². The predicted molar refractivity (Wildman–Crippen MR) is 107 cm³/mol. The smallest absolute Gasteiger partial charge is 0.163 e. The van der Waals surface area contributed by atoms with Gasteiger partial charge in [-0.1, -0.05) is 47.1 Å². The minimum atomic E-state index is 0.823. The summed E-state index contributed by atoms with van der Waals surface area (Å²) in [4.78, 5) is 4.63. The number of rotatable bonds is 4. The molecule has 26 heavy (non-hydrogen) atoms. The molecule has 0 aliphatic carbocycles. The van der Waals surface area contributed by atoms with Crippen LogP contribution in [0.5, 0.6) is 5.75 Å². The molecule has 0 radical (unpaired) electrons. The third kappa shape index (κ3) is 2.88. The molecule has 2 aromatic carbocycles. The Morgan fingerprint density at radius 1 is 1.04 bits per heavy atom. The monoisotopic (exact) mass is 407 g/mol. The summed E-state index contributed by atoms with van der Waals surface area (Å²) in [5.74, 6) is 0.823. The maximum Gasteiger partial charge on any atom is 0.163 e. The van der Waals surface area contributed by atoms with Crippen molar-refractivity contribution in [2.24, 2.45) is 0 Å². The van der Waals surface area contributed by atoms with Crippen LogP contribution in [-0.4, -0.2) is 21.7 Å². The van der Waals surface area contributed by atoms with Crippen LogP contribution in [0.25, 0.3) is 28.0 Å². The van der Waals surface area contributed by atoms with E-state index in [0.29, 0.717) is 0 Å². The number of methoxy groups -OCH3 is 1. The quantitative estimate of drug-likeness (QED) is 0.454. The van der Waals surface area contributed by atoms with E-state index in [-0.39, 0.29) is 0 Å². The van der Waals surface area contributed by atoms with Gasteiger partial charge in [-0.3, -0.25) is 0 Å². The van der Waals surface area contributed by atoms with Crippen LogP contribution in [0.4, 0.5) is 0 Å². The highest BCUT2D eigenvalue weighted by Crippen LogP contribution is 2.32. The van der Waals surface area contributed by atoms with Crippen LogP contribution in [0, 0.1) is 0 Å². The highest BCUT2D eigenvalue weighted by atomic mass is 79.9. The number of halogens is 1. The highest BCUT2D eigenvalue weighted by molar-refractivity contribution is 9.10. The van der Waals surface area contributed by atoms with Crippen molar-refractivity contribution in [1.82, 2.24) is 14.6 Å². The van der Waals surface area contributed by atoms with Crippen molar-refractivity contribution < 1.29 is 4.74 Å². The van der Waals surface area contributed by atoms with Gasteiger partial charge in [0.15, 0.2) is 5.65 Å². The van der Waals surface area contributed by atoms with Gasteiger partial charge in [-0.05, 0) is 42.3 Å². The number of fused-ring (bicyclic) bond motifs is 1. The second-order valence-corrected chi connectivity index (χ2v) is 6.90. The van der Waals surface area contributed by atoms with Gasteiger partial charge in [-0.15, -0.1) is 0 Å². The number of aryl methyl sites for hydroxylation is 1. The standard InChI is InChI=1S/C21H18BrN3O/c1-3-18-20(14-7-9-16(22)10-8-14)21-23-12-11-19(25(21)24-18)15-5-4-6-17(13-15)26-2/h4-13H,3H2,1-2H3. The van der Waals surface area contributed by atoms with E-state index >= 15 is 0 Å². The maximum absolute atomic E-state index is 5.37. The molecule has 0 amide bonds. The van der Waals surface area contributed by atoms with Crippen molar-refractivity contribution in [2.45, 2.75) is 13.3 Å². The van der Waals surface area contributed by atoms with Gasteiger partial charge in [0.25, 0.3) is 0 Å². The lowest BCUT2D eigenvalue weighted by Crippen LogP contribution is -1.96. The lowest BCUT2D eigenvalue weighted by Gasteiger charge is -2.07. The summed E-state index contributed by atoms with van der Waals surface area (Å²) in [6.45, 7) is 2.12. The number of nitrogens with zero attached hydrogens (tertiary/aromatic N) is 3. The zero-order chi connectivity index (χ0) is 18.1. The third-order valence-corrected chi connectivity index (χ3v) is 4.95. The van der Waals surface area contributed by atoms with Gasteiger partial charge in [-0.25, -0.2) is 9.50 Å². The molecule has 0 aliphatic heterocycles. The summed E-state index contributed by atoms with van der Waals surface area (Å²) in [6.07, 6.45) is 2.68. The fourth-order valence-electron chi connectivity index (χ4n) is 3.15. The molecule has 0 bridgehead atoms. The molecule has 4 nitrogen and oxygen atoms in total. The zero-order valence-corrected chi connectivity index (χ0v) is 16.2. The second-order valence-electron chi connectivity index (χ2n) is 5.98. The van der Waals surface area contributed by atoms with Gasteiger partial charge in [0, 0.05) is 21.8 Å². The van der Waals surface area contributed by atoms with Crippen molar-refractivity contribution in [2.75, 3.05) is 7.11 Å². The number of hydrogen-bond donors (Lipinski definition) is 0. The summed E-state index contributed by atoms with van der Waals surface area (Å²) in [6, 6.07) is 18.3. The molecule has 0 atom stereocenters. The topological polar surface area (TPSA) is 39.4 Å². The van der Waals surface area contributed by atoms with Crippen molar-refractivity contribution in [3.8, 4) is 28.1 Å². The predicted octanol–water partition coefficient (Wildman–Crippen LogP) is 5.40. The van der Waals surface area contributed by atoms with E-state index < -0.39 is 0 Å². The molecule has 0 N–H and O–H groups in total. The van der Waals surface area contributed by atoms with Gasteiger partial charge in [0.05, 0.1) is 18.5 Å². The van der Waals surface area contributed by atoms with Crippen molar-refractivity contribution in [3.63, 3.8) is 0 Å². The van der Waals surface area contributed by atoms with Crippen LogP contribution >= 0.6 is 15.9 Å². The van der Waals surface area contributed by atoms with E-state index in [1.807, 2.05) is 47.1 Å². The van der Waals surface area contributed by atoms with E-state index in [2.05, 4.69) is 46.0 Å². The minimum Gasteiger partial charge on any atom is -0.497 e. The fraction of sp³-hybridized carbons (Fsp3) is 0.143. The molecular weight excluding hydrogens is 390 g/mol. The fourth-order valence-corrected chi connectivity index (χ4v) is 3.41. The molecule has 0 aliphatic rings. The average Bonchev–Trinajstić information content (AvgIpc) is 3.07. The molecule has 0 fully saturated rings. The van der Waals surface area contributed by atoms with Crippen LogP contribution in [-0.2, 0) is 6.42 Å². The Hall–Kier alpha value is -2.66. The lowest BCUT2D eigenvalue weighted by atomic mass is 10.0. The van der Waals surface area contributed by atoms with Gasteiger partial charge in [-0.2, -0.15) is 5.10 Å². The Bertz CT molecular complexity index is 1070. The summed E-state index contributed by atoms with van der Waals surface area (Å²) in [5.41, 5.74) is 6.15. The van der Waals surface area contributed by atoms with Crippen LogP contribution in [0.1, 0.15) is 12.6 Å². The molecule has 2 aromatic heterocycles. The Balaban J connectivity index is 1.96. The van der Waals surface area contributed by atoms with Crippen molar-refractivity contribution in [3.05, 3.63) is 71.0 Å². The highest BCUT2D eigenvalue weighted by Gasteiger charge is 2.17. The molecule has 0 unspecified atom stereocenters. The van der Waals surface area contributed by atoms with Gasteiger partial charge in [0.2, 0.25) is 0 Å². The van der Waals surface area contributed by atoms with E-state index in [1.54, 1.807) is 7.11 Å². The molecule has 130 valence electrons. The van der Waals surface area contributed by atoms with E-state index in [9.17, 15) is 0 Å². The Labute approximate surface area is 160 Å². The van der Waals surface area contributed by atoms with Crippen molar-refractivity contribution in [1.29, 1.82) is 0 Å². The summed E-state index contributed by atoms with van der Waals surface area (Å²) in [5, 5.41) is 4.86. The summed E-state index contributed by atoms with van der Waals surface area (Å²) in [7, 11) is 1.68. The normalized spacial score (nSPS) is 11.0. The first kappa shape index (κ1) is 16.8. The first-order valence-electron chi connectivity index (χ1n) is 8.48. The Morgan fingerprint density at radius 2 is 1.85 bits per heavy atom. The third-order valence-electron chi connectivity index (χ3n) is 4.42. The first-order valence-corrected chi connectivity index (χ1v) is 9.27. The molecule has 5 heteroatoms. The van der Waals surface area contributed by atoms with Crippen LogP contribution in [0.15, 0.2) is 65.3 Å². The largest absolute Gasteiger partial charge is 0.497 e. The lowest BCUT2D eigenvalue weighted by molar-refractivity contribution is 0.415. The maximum atomic E-state index is 5.37. The molecular formula is C21H18BrN3O. The van der Waals surface area contributed by atoms with Gasteiger partial charge < -0.3 is 4.74 Å². The summed E-state index contributed by atoms with van der Waals surface area (Å²) < 4.78 is 8.36. The second kappa shape index (κ2) is 6.92. The van der Waals surface area contributed by atoms with Crippen LogP contribution < -0.4 is 4.74 Å². The molecule has 2 heterocycles. The van der Waals surface area contributed by atoms with Crippen LogP contribution in [0.3, 0.4) is 0 Å². The first-order chi connectivity index (χ1) is 12.7.